The van der Waals surface area contributed by atoms with Gasteiger partial charge in [0.2, 0.25) is 5.91 Å². The van der Waals surface area contributed by atoms with Crippen molar-refractivity contribution in [2.75, 3.05) is 33.8 Å². The van der Waals surface area contributed by atoms with Gasteiger partial charge in [-0.2, -0.15) is 0 Å². The Bertz CT molecular complexity index is 436. The number of hydrogen-bond acceptors (Lipinski definition) is 3. The van der Waals surface area contributed by atoms with Crippen LogP contribution in [0, 0.1) is 5.92 Å². The van der Waals surface area contributed by atoms with E-state index in [9.17, 15) is 4.79 Å². The van der Waals surface area contributed by atoms with E-state index in [1.807, 2.05) is 37.2 Å². The molecule has 1 aromatic rings. The number of rotatable bonds is 6. The number of amides is 1. The van der Waals surface area contributed by atoms with Crippen LogP contribution in [0.25, 0.3) is 0 Å². The van der Waals surface area contributed by atoms with Gasteiger partial charge in [-0.1, -0.05) is 30.3 Å². The third kappa shape index (κ3) is 4.29. The molecule has 1 saturated heterocycles. The van der Waals surface area contributed by atoms with E-state index in [1.165, 1.54) is 0 Å². The number of carbonyl (C=O) groups is 1. The highest BCUT2D eigenvalue weighted by Crippen LogP contribution is 2.34. The van der Waals surface area contributed by atoms with Crippen LogP contribution in [0.5, 0.6) is 0 Å². The molecule has 1 aromatic carbocycles. The molecule has 1 N–H and O–H groups in total. The lowest BCUT2D eigenvalue weighted by atomic mass is 9.88. The quantitative estimate of drug-likeness (QED) is 0.817. The van der Waals surface area contributed by atoms with Gasteiger partial charge in [-0.15, -0.1) is 0 Å². The molecule has 2 atom stereocenters. The molecule has 0 aliphatic carbocycles. The van der Waals surface area contributed by atoms with Gasteiger partial charge in [0.1, 0.15) is 0 Å². The summed E-state index contributed by atoms with van der Waals surface area (Å²) in [6.45, 7) is 2.46. The van der Waals surface area contributed by atoms with Crippen LogP contribution in [-0.2, 0) is 9.53 Å². The summed E-state index contributed by atoms with van der Waals surface area (Å²) in [7, 11) is 3.83. The van der Waals surface area contributed by atoms with Crippen molar-refractivity contribution in [2.24, 2.45) is 5.92 Å². The maximum Gasteiger partial charge on any atom is 0.228 e. The molecule has 1 amide bonds. The lowest BCUT2D eigenvalue weighted by molar-refractivity contribution is -0.144. The molecule has 0 radical (unpaired) electrons. The van der Waals surface area contributed by atoms with Crippen LogP contribution in [0.15, 0.2) is 30.3 Å². The molecule has 4 nitrogen and oxygen atoms in total. The van der Waals surface area contributed by atoms with E-state index in [-0.39, 0.29) is 17.9 Å². The molecule has 0 spiro atoms. The third-order valence-electron chi connectivity index (χ3n) is 4.06. The Morgan fingerprint density at radius 3 is 2.86 bits per heavy atom. The van der Waals surface area contributed by atoms with E-state index < -0.39 is 0 Å². The highest BCUT2D eigenvalue weighted by atomic mass is 16.5. The summed E-state index contributed by atoms with van der Waals surface area (Å²) < 4.78 is 5.91. The second-order valence-corrected chi connectivity index (χ2v) is 5.67. The lowest BCUT2D eigenvalue weighted by Crippen LogP contribution is -2.39. The number of hydrogen-bond donors (Lipinski definition) is 1. The van der Waals surface area contributed by atoms with Crippen LogP contribution in [0.3, 0.4) is 0 Å². The van der Waals surface area contributed by atoms with Crippen LogP contribution < -0.4 is 5.32 Å². The topological polar surface area (TPSA) is 41.6 Å². The van der Waals surface area contributed by atoms with Crippen molar-refractivity contribution in [1.82, 2.24) is 10.2 Å². The molecule has 1 aliphatic heterocycles. The van der Waals surface area contributed by atoms with Crippen LogP contribution in [0.2, 0.25) is 0 Å². The second kappa shape index (κ2) is 8.15. The summed E-state index contributed by atoms with van der Waals surface area (Å²) in [6.07, 6.45) is 2.75. The Hall–Kier alpha value is -1.39. The molecular weight excluding hydrogens is 264 g/mol. The highest BCUT2D eigenvalue weighted by Gasteiger charge is 2.34. The normalized spacial score (nSPS) is 22.0. The van der Waals surface area contributed by atoms with Gasteiger partial charge in [0, 0.05) is 20.2 Å². The average molecular weight is 290 g/mol. The number of nitrogens with zero attached hydrogens (tertiary/aromatic N) is 1. The summed E-state index contributed by atoms with van der Waals surface area (Å²) in [5.41, 5.74) is 1.11. The zero-order chi connectivity index (χ0) is 15.1. The Labute approximate surface area is 127 Å². The molecular formula is C17H26N2O2. The minimum Gasteiger partial charge on any atom is -0.373 e. The van der Waals surface area contributed by atoms with Crippen molar-refractivity contribution in [1.29, 1.82) is 0 Å². The van der Waals surface area contributed by atoms with E-state index in [1.54, 1.807) is 0 Å². The largest absolute Gasteiger partial charge is 0.373 e. The fourth-order valence-corrected chi connectivity index (χ4v) is 2.89. The lowest BCUT2D eigenvalue weighted by Gasteiger charge is -2.33. The maximum absolute atomic E-state index is 12.7. The number of benzene rings is 1. The van der Waals surface area contributed by atoms with Gasteiger partial charge >= 0.3 is 0 Å². The van der Waals surface area contributed by atoms with Crippen molar-refractivity contribution in [2.45, 2.75) is 25.4 Å². The Morgan fingerprint density at radius 1 is 1.38 bits per heavy atom. The summed E-state index contributed by atoms with van der Waals surface area (Å²) in [6, 6.07) is 10.1. The molecule has 0 aromatic heterocycles. The van der Waals surface area contributed by atoms with Gasteiger partial charge in [0.05, 0.1) is 12.0 Å². The van der Waals surface area contributed by atoms with Crippen LogP contribution >= 0.6 is 0 Å². The summed E-state index contributed by atoms with van der Waals surface area (Å²) in [5.74, 6) is 0.153. The first kappa shape index (κ1) is 16.0. The summed E-state index contributed by atoms with van der Waals surface area (Å²) in [4.78, 5) is 14.6. The monoisotopic (exact) mass is 290 g/mol. The predicted octanol–water partition coefficient (Wildman–Crippen LogP) is 2.22. The minimum absolute atomic E-state index is 0.0549. The third-order valence-corrected chi connectivity index (χ3v) is 4.06. The van der Waals surface area contributed by atoms with Gasteiger partial charge < -0.3 is 15.0 Å². The molecule has 4 heteroatoms. The fourth-order valence-electron chi connectivity index (χ4n) is 2.89. The predicted molar refractivity (Wildman–Crippen MR) is 84.0 cm³/mol. The zero-order valence-electron chi connectivity index (χ0n) is 13.0. The van der Waals surface area contributed by atoms with Gasteiger partial charge in [-0.05, 0) is 38.4 Å². The van der Waals surface area contributed by atoms with Crippen LogP contribution in [0.1, 0.15) is 30.9 Å². The molecule has 1 fully saturated rings. The second-order valence-electron chi connectivity index (χ2n) is 5.67. The number of ether oxygens (including phenoxy) is 1. The van der Waals surface area contributed by atoms with Crippen molar-refractivity contribution in [3.05, 3.63) is 35.9 Å². The Kier molecular flexibility index (Phi) is 6.21. The van der Waals surface area contributed by atoms with Gasteiger partial charge in [-0.25, -0.2) is 0 Å². The van der Waals surface area contributed by atoms with Gasteiger partial charge in [0.15, 0.2) is 0 Å². The Morgan fingerprint density at radius 2 is 2.14 bits per heavy atom. The van der Waals surface area contributed by atoms with E-state index in [4.69, 9.17) is 4.74 Å². The Balaban J connectivity index is 2.02. The average Bonchev–Trinajstić information content (AvgIpc) is 2.55. The van der Waals surface area contributed by atoms with Crippen LogP contribution in [-0.4, -0.2) is 44.6 Å². The summed E-state index contributed by atoms with van der Waals surface area (Å²) in [5, 5.41) is 3.11. The SMILES string of the molecule is CNCCCN(C)C(=O)C1CCCOC1c1ccccc1. The molecule has 21 heavy (non-hydrogen) atoms. The van der Waals surface area contributed by atoms with Crippen molar-refractivity contribution < 1.29 is 9.53 Å². The summed E-state index contributed by atoms with van der Waals surface area (Å²) >= 11 is 0. The molecule has 2 rings (SSSR count). The minimum atomic E-state index is -0.0980. The van der Waals surface area contributed by atoms with E-state index in [0.717, 1.165) is 44.5 Å². The number of nitrogens with one attached hydrogen (secondary N) is 1. The molecule has 1 aliphatic rings. The van der Waals surface area contributed by atoms with Crippen LogP contribution in [0.4, 0.5) is 0 Å². The standard InChI is InChI=1S/C17H26N2O2/c1-18-11-7-12-19(2)17(20)15-10-6-13-21-16(15)14-8-4-3-5-9-14/h3-5,8-9,15-16,18H,6-7,10-13H2,1-2H3. The van der Waals surface area contributed by atoms with Gasteiger partial charge in [0.25, 0.3) is 0 Å². The highest BCUT2D eigenvalue weighted by molar-refractivity contribution is 5.79. The fraction of sp³-hybridized carbons (Fsp3) is 0.588. The molecule has 1 heterocycles. The van der Waals surface area contributed by atoms with Crippen molar-refractivity contribution in [3.63, 3.8) is 0 Å². The zero-order valence-corrected chi connectivity index (χ0v) is 13.0. The smallest absolute Gasteiger partial charge is 0.228 e. The van der Waals surface area contributed by atoms with Gasteiger partial charge in [-0.3, -0.25) is 4.79 Å². The molecule has 0 saturated carbocycles. The van der Waals surface area contributed by atoms with E-state index in [2.05, 4.69) is 17.4 Å². The first-order valence-corrected chi connectivity index (χ1v) is 7.80. The first-order chi connectivity index (χ1) is 10.2. The van der Waals surface area contributed by atoms with Crippen molar-refractivity contribution >= 4 is 5.91 Å². The molecule has 2 unspecified atom stereocenters. The molecule has 0 bridgehead atoms. The maximum atomic E-state index is 12.7. The molecule has 116 valence electrons. The number of carbonyl (C=O) groups excluding carboxylic acids is 1. The van der Waals surface area contributed by atoms with E-state index >= 15 is 0 Å². The van der Waals surface area contributed by atoms with Crippen molar-refractivity contribution in [3.8, 4) is 0 Å². The van der Waals surface area contributed by atoms with E-state index in [0.29, 0.717) is 0 Å². The first-order valence-electron chi connectivity index (χ1n) is 7.80.